The molecular weight excluding hydrogens is 1270 g/mol. The van der Waals surface area contributed by atoms with E-state index in [2.05, 4.69) is 52.4 Å². The van der Waals surface area contributed by atoms with Gasteiger partial charge in [0, 0.05) is 26.4 Å². The molecule has 14 fully saturated rings. The smallest absolute Gasteiger partial charge is 0.317 e. The molecule has 90 heavy (non-hydrogen) atoms. The fraction of sp³-hybridized carbons (Fsp3) is 1.00. The number of hydrogen-bond donors (Lipinski definition) is 0. The molecule has 0 spiro atoms. The van der Waals surface area contributed by atoms with Crippen LogP contribution in [0.2, 0.25) is 101 Å². The van der Waals surface area contributed by atoms with Crippen LogP contribution in [0, 0.1) is 35.5 Å². The van der Waals surface area contributed by atoms with E-state index in [4.69, 9.17) is 70.8 Å². The number of fused-ring (bicyclic) bond motifs is 6. The first kappa shape index (κ1) is 68.2. The lowest BCUT2D eigenvalue weighted by Gasteiger charge is -2.51. The highest BCUT2D eigenvalue weighted by Gasteiger charge is 2.61. The Bertz CT molecular complexity index is 2140. The number of unbranched alkanes of at least 4 members (excludes halogenated alkanes) is 1. The van der Waals surface area contributed by atoms with E-state index in [9.17, 15) is 0 Å². The molecule has 0 aromatic heterocycles. The van der Waals surface area contributed by atoms with E-state index in [0.717, 1.165) is 126 Å². The Balaban J connectivity index is 0.566. The van der Waals surface area contributed by atoms with E-state index in [0.29, 0.717) is 122 Å². The van der Waals surface area contributed by atoms with Gasteiger partial charge >= 0.3 is 68.5 Å². The highest BCUT2D eigenvalue weighted by molar-refractivity contribution is 6.95. The van der Waals surface area contributed by atoms with Crippen LogP contribution in [0.3, 0.4) is 0 Å². The molecule has 24 heteroatoms. The summed E-state index contributed by atoms with van der Waals surface area (Å²) in [6, 6.07) is 7.80. The van der Waals surface area contributed by atoms with Gasteiger partial charge in [-0.15, -0.1) is 0 Å². The molecule has 0 amide bonds. The Kier molecular flexibility index (Phi) is 21.4. The van der Waals surface area contributed by atoms with Gasteiger partial charge in [-0.3, -0.25) is 0 Å². The van der Waals surface area contributed by atoms with E-state index in [1.54, 1.807) is 0 Å². The number of hydrogen-bond acceptors (Lipinski definition) is 16. The van der Waals surface area contributed by atoms with E-state index < -0.39 is 68.5 Å². The van der Waals surface area contributed by atoms with Crippen LogP contribution in [0.1, 0.15) is 180 Å². The van der Waals surface area contributed by atoms with Crippen LogP contribution in [0.15, 0.2) is 0 Å². The van der Waals surface area contributed by atoms with E-state index in [-0.39, 0.29) is 0 Å². The van der Waals surface area contributed by atoms with Crippen molar-refractivity contribution in [3.05, 3.63) is 0 Å². The Morgan fingerprint density at radius 2 is 0.400 bits per heavy atom. The second kappa shape index (κ2) is 28.3. The molecule has 0 bridgehead atoms. The molecule has 0 N–H and O–H groups in total. The summed E-state index contributed by atoms with van der Waals surface area (Å²) < 4.78 is 111. The molecule has 6 saturated carbocycles. The van der Waals surface area contributed by atoms with Crippen LogP contribution >= 0.6 is 0 Å². The zero-order valence-corrected chi connectivity index (χ0v) is 65.2. The van der Waals surface area contributed by atoms with E-state index in [1.807, 2.05) is 0 Å². The van der Waals surface area contributed by atoms with E-state index >= 15 is 0 Å². The van der Waals surface area contributed by atoms with Crippen molar-refractivity contribution in [3.63, 3.8) is 0 Å². The molecule has 8 aliphatic heterocycles. The largest absolute Gasteiger partial charge is 0.416 e. The van der Waals surface area contributed by atoms with Crippen molar-refractivity contribution in [2.24, 2.45) is 35.5 Å². The summed E-state index contributed by atoms with van der Waals surface area (Å²) in [5, 5.41) is 0. The average Bonchev–Trinajstić information content (AvgIpc) is 1.56. The van der Waals surface area contributed by atoms with Gasteiger partial charge in [-0.2, -0.15) is 0 Å². The molecule has 514 valence electrons. The minimum atomic E-state index is -2.78. The van der Waals surface area contributed by atoms with Gasteiger partial charge in [0.15, 0.2) is 0 Å². The first-order valence-corrected chi connectivity index (χ1v) is 58.0. The Morgan fingerprint density at radius 1 is 0.222 bits per heavy atom. The maximum Gasteiger partial charge on any atom is 0.317 e. The summed E-state index contributed by atoms with van der Waals surface area (Å²) in [5.41, 5.74) is 0. The molecule has 16 nitrogen and oxygen atoms in total. The van der Waals surface area contributed by atoms with Crippen LogP contribution < -0.4 is 0 Å². The van der Waals surface area contributed by atoms with Crippen molar-refractivity contribution in [1.82, 2.24) is 0 Å². The van der Waals surface area contributed by atoms with Crippen molar-refractivity contribution in [1.29, 1.82) is 0 Å². The minimum absolute atomic E-state index is 0.480. The second-order valence-corrected chi connectivity index (χ2v) is 62.3. The molecule has 8 heterocycles. The normalized spacial score (nSPS) is 50.7. The molecule has 6 aliphatic carbocycles. The van der Waals surface area contributed by atoms with Crippen molar-refractivity contribution in [3.8, 4) is 0 Å². The predicted octanol–water partition coefficient (Wildman–Crippen LogP) is 15.1. The Hall–Kier alpha value is 1.10. The van der Waals surface area contributed by atoms with Crippen LogP contribution in [-0.2, 0) is 70.8 Å². The summed E-state index contributed by atoms with van der Waals surface area (Å²) in [5.74, 6) is 4.08. The predicted molar refractivity (Wildman–Crippen MR) is 364 cm³/mol. The van der Waals surface area contributed by atoms with Gasteiger partial charge in [0.25, 0.3) is 0 Å². The second-order valence-electron chi connectivity index (χ2n) is 33.6. The van der Waals surface area contributed by atoms with E-state index in [1.165, 1.54) is 116 Å². The summed E-state index contributed by atoms with van der Waals surface area (Å²) in [7, 11) is -21.9. The molecule has 0 aromatic carbocycles. The Morgan fingerprint density at radius 3 is 0.589 bits per heavy atom. The molecule has 0 aromatic rings. The van der Waals surface area contributed by atoms with Crippen molar-refractivity contribution < 1.29 is 70.8 Å². The van der Waals surface area contributed by atoms with Crippen LogP contribution in [0.5, 0.6) is 0 Å². The first-order valence-electron chi connectivity index (χ1n) is 37.8. The Labute approximate surface area is 551 Å². The molecule has 22 unspecified atom stereocenters. The molecule has 0 radical (unpaired) electrons. The third-order valence-corrected chi connectivity index (χ3v) is 62.2. The standard InChI is InChI=1S/C66H122O16Si8/c1-83(75-85(3,37-25-49-13-19-55-61(43-49)69-55)79-89(7,41-29-53-17-23-59-65(47-53)73-59)80-86(4,76-83)38-26-50-14-20-56-62(44-50)70-56)35-11-33-67-31-9-10-32-68-34-12-36-84(2)77-87(5,39-27-51-15-21-57-63(45-51)71-57)81-90(8,42-30-54-18-24-60-66(48-54)74-60)82-88(6,78-84)40-28-52-16-22-58-64(46-52)72-58/h49-66H,9-48H2,1-8H3. The minimum Gasteiger partial charge on any atom is -0.416 e. The monoisotopic (exact) mass is 1390 g/mol. The number of epoxide rings is 6. The molecule has 8 saturated heterocycles. The number of rotatable bonds is 31. The van der Waals surface area contributed by atoms with Crippen molar-refractivity contribution in [2.75, 3.05) is 26.4 Å². The van der Waals surface area contributed by atoms with Gasteiger partial charge in [0.05, 0.1) is 73.2 Å². The topological polar surface area (TPSA) is 167 Å². The third-order valence-electron chi connectivity index (χ3n) is 24.8. The fourth-order valence-corrected chi connectivity index (χ4v) is 66.8. The van der Waals surface area contributed by atoms with Gasteiger partial charge in [-0.05, 0) is 316 Å². The summed E-state index contributed by atoms with van der Waals surface area (Å²) in [6.45, 7) is 21.9. The summed E-state index contributed by atoms with van der Waals surface area (Å²) in [6.07, 6.45) is 38.6. The highest BCUT2D eigenvalue weighted by atomic mass is 28.5. The highest BCUT2D eigenvalue weighted by Crippen LogP contribution is 2.51. The molecule has 14 rings (SSSR count). The van der Waals surface area contributed by atoms with Crippen LogP contribution in [0.25, 0.3) is 0 Å². The van der Waals surface area contributed by atoms with Gasteiger partial charge in [0.2, 0.25) is 0 Å². The molecule has 14 aliphatic rings. The van der Waals surface area contributed by atoms with Gasteiger partial charge < -0.3 is 70.8 Å². The zero-order chi connectivity index (χ0) is 62.0. The van der Waals surface area contributed by atoms with Crippen LogP contribution in [-0.4, -0.2) is 168 Å². The quantitative estimate of drug-likeness (QED) is 0.0365. The number of ether oxygens (including phenoxy) is 8. The lowest BCUT2D eigenvalue weighted by atomic mass is 9.88. The van der Waals surface area contributed by atoms with Crippen molar-refractivity contribution in [2.45, 2.75) is 354 Å². The SMILES string of the molecule is C[Si]1(CCCOCCCCOCCC[Si]2(C)O[Si](C)(CCC3CCC4OC4C3)O[Si](C)(CCC3CCC4OC4C3)O[Si](C)(CCC3CCC4OC4C3)O2)O[Si](C)(CCC2CCC3OC3C2)O[Si](C)(CCC2CCC3OC3C2)O[Si](C)(CCC2CCC3OC3C2)O1. The van der Waals surface area contributed by atoms with Gasteiger partial charge in [-0.1, -0.05) is 0 Å². The maximum atomic E-state index is 7.77. The summed E-state index contributed by atoms with van der Waals surface area (Å²) >= 11 is 0. The lowest BCUT2D eigenvalue weighted by Crippen LogP contribution is -2.67. The first-order chi connectivity index (χ1) is 43.1. The lowest BCUT2D eigenvalue weighted by molar-refractivity contribution is 0.102. The average molecular weight is 1400 g/mol. The maximum absolute atomic E-state index is 7.77. The van der Waals surface area contributed by atoms with Gasteiger partial charge in [0.1, 0.15) is 0 Å². The zero-order valence-electron chi connectivity index (χ0n) is 57.2. The fourth-order valence-electron chi connectivity index (χ4n) is 19.5. The van der Waals surface area contributed by atoms with Crippen molar-refractivity contribution >= 4 is 68.5 Å². The molecular formula is C66H122O16Si8. The third kappa shape index (κ3) is 18.7. The van der Waals surface area contributed by atoms with Crippen LogP contribution in [0.4, 0.5) is 0 Å². The summed E-state index contributed by atoms with van der Waals surface area (Å²) in [4.78, 5) is 0. The van der Waals surface area contributed by atoms with Gasteiger partial charge in [-0.25, -0.2) is 0 Å². The molecule has 22 atom stereocenters.